The van der Waals surface area contributed by atoms with E-state index in [1.165, 1.54) is 0 Å². The molecule has 0 aliphatic heterocycles. The zero-order valence-corrected chi connectivity index (χ0v) is 18.6. The van der Waals surface area contributed by atoms with Gasteiger partial charge >= 0.3 is 0 Å². The molecule has 1 N–H and O–H groups in total. The van der Waals surface area contributed by atoms with Crippen LogP contribution in [-0.4, -0.2) is 26.3 Å². The van der Waals surface area contributed by atoms with Gasteiger partial charge in [-0.2, -0.15) is 0 Å². The SMILES string of the molecule is Cc1ccc(S(=O)(=O)Nc2cc(C(=O)N(C)Cc3ccccc3Cl)ccc2C)cc1. The molecule has 5 nitrogen and oxygen atoms in total. The molecule has 0 heterocycles. The van der Waals surface area contributed by atoms with Gasteiger partial charge in [0.25, 0.3) is 15.9 Å². The summed E-state index contributed by atoms with van der Waals surface area (Å²) in [5.41, 5.74) is 3.28. The lowest BCUT2D eigenvalue weighted by Crippen LogP contribution is -2.26. The number of nitrogens with one attached hydrogen (secondary N) is 1. The first-order valence-corrected chi connectivity index (χ1v) is 11.2. The lowest BCUT2D eigenvalue weighted by molar-refractivity contribution is 0.0785. The van der Waals surface area contributed by atoms with Crippen molar-refractivity contribution in [1.29, 1.82) is 0 Å². The second-order valence-electron chi connectivity index (χ2n) is 7.20. The zero-order valence-electron chi connectivity index (χ0n) is 17.0. The number of amides is 1. The van der Waals surface area contributed by atoms with Crippen molar-refractivity contribution in [3.05, 3.63) is 94.0 Å². The van der Waals surface area contributed by atoms with Gasteiger partial charge in [-0.15, -0.1) is 0 Å². The Bertz CT molecular complexity index is 1180. The topological polar surface area (TPSA) is 66.5 Å². The minimum absolute atomic E-state index is 0.167. The number of carbonyl (C=O) groups is 1. The van der Waals surface area contributed by atoms with Crippen molar-refractivity contribution in [2.75, 3.05) is 11.8 Å². The number of nitrogens with zero attached hydrogens (tertiary/aromatic N) is 1. The van der Waals surface area contributed by atoms with Gasteiger partial charge in [0.15, 0.2) is 0 Å². The number of anilines is 1. The molecule has 0 aliphatic carbocycles. The Morgan fingerprint density at radius 3 is 2.33 bits per heavy atom. The third-order valence-corrected chi connectivity index (χ3v) is 6.52. The number of halogens is 1. The lowest BCUT2D eigenvalue weighted by Gasteiger charge is -2.19. The van der Waals surface area contributed by atoms with E-state index in [0.717, 1.165) is 16.7 Å². The third-order valence-electron chi connectivity index (χ3n) is 4.77. The molecule has 156 valence electrons. The minimum Gasteiger partial charge on any atom is -0.337 e. The van der Waals surface area contributed by atoms with E-state index in [0.29, 0.717) is 22.8 Å². The zero-order chi connectivity index (χ0) is 21.9. The maximum Gasteiger partial charge on any atom is 0.261 e. The van der Waals surface area contributed by atoms with E-state index in [-0.39, 0.29) is 10.8 Å². The number of hydrogen-bond acceptors (Lipinski definition) is 3. The summed E-state index contributed by atoms with van der Waals surface area (Å²) < 4.78 is 28.1. The van der Waals surface area contributed by atoms with E-state index in [9.17, 15) is 13.2 Å². The first kappa shape index (κ1) is 21.9. The van der Waals surface area contributed by atoms with E-state index in [4.69, 9.17) is 11.6 Å². The van der Waals surface area contributed by atoms with Gasteiger partial charge < -0.3 is 4.90 Å². The van der Waals surface area contributed by atoms with Gasteiger partial charge in [0.1, 0.15) is 0 Å². The van der Waals surface area contributed by atoms with Gasteiger partial charge in [0.05, 0.1) is 10.6 Å². The molecular formula is C23H23ClN2O3S. The van der Waals surface area contributed by atoms with Crippen LogP contribution in [0.3, 0.4) is 0 Å². The Labute approximate surface area is 182 Å². The van der Waals surface area contributed by atoms with Crippen molar-refractivity contribution in [2.45, 2.75) is 25.3 Å². The Morgan fingerprint density at radius 1 is 1.00 bits per heavy atom. The van der Waals surface area contributed by atoms with Crippen LogP contribution in [0.25, 0.3) is 0 Å². The largest absolute Gasteiger partial charge is 0.337 e. The lowest BCUT2D eigenvalue weighted by atomic mass is 10.1. The molecule has 0 bridgehead atoms. The smallest absolute Gasteiger partial charge is 0.261 e. The van der Waals surface area contributed by atoms with Crippen LogP contribution in [0.2, 0.25) is 5.02 Å². The Kier molecular flexibility index (Phi) is 6.48. The fourth-order valence-corrected chi connectivity index (χ4v) is 4.28. The molecule has 0 unspecified atom stereocenters. The molecule has 0 fully saturated rings. The minimum atomic E-state index is -3.76. The average molecular weight is 443 g/mol. The summed E-state index contributed by atoms with van der Waals surface area (Å²) in [6.45, 7) is 4.02. The summed E-state index contributed by atoms with van der Waals surface area (Å²) in [6, 6.07) is 18.9. The van der Waals surface area contributed by atoms with Gasteiger partial charge in [0, 0.05) is 24.2 Å². The molecule has 30 heavy (non-hydrogen) atoms. The van der Waals surface area contributed by atoms with Crippen LogP contribution < -0.4 is 4.72 Å². The fourth-order valence-electron chi connectivity index (χ4n) is 2.96. The fraction of sp³-hybridized carbons (Fsp3) is 0.174. The molecular weight excluding hydrogens is 420 g/mol. The molecule has 3 aromatic carbocycles. The summed E-state index contributed by atoms with van der Waals surface area (Å²) in [6.07, 6.45) is 0. The standard InChI is InChI=1S/C23H23ClN2O3S/c1-16-8-12-20(13-9-16)30(28,29)25-22-14-18(11-10-17(22)2)23(27)26(3)15-19-6-4-5-7-21(19)24/h4-14,25H,15H2,1-3H3. The van der Waals surface area contributed by atoms with Crippen LogP contribution in [-0.2, 0) is 16.6 Å². The average Bonchev–Trinajstić information content (AvgIpc) is 2.71. The second-order valence-corrected chi connectivity index (χ2v) is 9.29. The normalized spacial score (nSPS) is 11.2. The van der Waals surface area contributed by atoms with Gasteiger partial charge in [-0.25, -0.2) is 8.42 Å². The van der Waals surface area contributed by atoms with Crippen molar-refractivity contribution in [3.8, 4) is 0 Å². The van der Waals surface area contributed by atoms with Gasteiger partial charge in [-0.3, -0.25) is 9.52 Å². The molecule has 0 radical (unpaired) electrons. The van der Waals surface area contributed by atoms with E-state index in [1.54, 1.807) is 67.4 Å². The predicted octanol–water partition coefficient (Wildman–Crippen LogP) is 5.03. The number of rotatable bonds is 6. The molecule has 3 rings (SSSR count). The molecule has 0 saturated carbocycles. The van der Waals surface area contributed by atoms with E-state index < -0.39 is 10.0 Å². The Balaban J connectivity index is 1.83. The van der Waals surface area contributed by atoms with E-state index >= 15 is 0 Å². The number of aryl methyl sites for hydroxylation is 2. The van der Waals surface area contributed by atoms with Crippen LogP contribution in [0.4, 0.5) is 5.69 Å². The highest BCUT2D eigenvalue weighted by Crippen LogP contribution is 2.23. The Hall–Kier alpha value is -2.83. The first-order valence-electron chi connectivity index (χ1n) is 9.36. The number of hydrogen-bond donors (Lipinski definition) is 1. The van der Waals surface area contributed by atoms with Gasteiger partial charge in [0.2, 0.25) is 0 Å². The summed E-state index contributed by atoms with van der Waals surface area (Å²) in [5.74, 6) is -0.231. The molecule has 0 aliphatic rings. The van der Waals surface area contributed by atoms with Crippen LogP contribution >= 0.6 is 11.6 Å². The highest BCUT2D eigenvalue weighted by atomic mass is 35.5. The molecule has 0 atom stereocenters. The molecule has 3 aromatic rings. The quantitative estimate of drug-likeness (QED) is 0.582. The first-order chi connectivity index (χ1) is 14.2. The van der Waals surface area contributed by atoms with E-state index in [1.807, 2.05) is 25.1 Å². The van der Waals surface area contributed by atoms with Crippen LogP contribution in [0.1, 0.15) is 27.0 Å². The van der Waals surface area contributed by atoms with Crippen molar-refractivity contribution in [3.63, 3.8) is 0 Å². The third kappa shape index (κ3) is 5.01. The maximum absolute atomic E-state index is 12.9. The number of carbonyl (C=O) groups excluding carboxylic acids is 1. The van der Waals surface area contributed by atoms with E-state index in [2.05, 4.69) is 4.72 Å². The van der Waals surface area contributed by atoms with Crippen molar-refractivity contribution in [1.82, 2.24) is 4.90 Å². The summed E-state index contributed by atoms with van der Waals surface area (Å²) in [7, 11) is -2.08. The predicted molar refractivity (Wildman–Crippen MR) is 120 cm³/mol. The van der Waals surface area contributed by atoms with Gasteiger partial charge in [-0.1, -0.05) is 53.6 Å². The highest BCUT2D eigenvalue weighted by Gasteiger charge is 2.18. The number of sulfonamides is 1. The summed E-state index contributed by atoms with van der Waals surface area (Å²) in [5, 5.41) is 0.590. The Morgan fingerprint density at radius 2 is 1.67 bits per heavy atom. The molecule has 0 spiro atoms. The van der Waals surface area contributed by atoms with Crippen LogP contribution in [0.15, 0.2) is 71.6 Å². The van der Waals surface area contributed by atoms with Gasteiger partial charge in [-0.05, 0) is 55.3 Å². The summed E-state index contributed by atoms with van der Waals surface area (Å²) >= 11 is 6.19. The van der Waals surface area contributed by atoms with Crippen molar-refractivity contribution in [2.24, 2.45) is 0 Å². The number of benzene rings is 3. The monoisotopic (exact) mass is 442 g/mol. The molecule has 0 saturated heterocycles. The second kappa shape index (κ2) is 8.90. The van der Waals surface area contributed by atoms with Crippen LogP contribution in [0, 0.1) is 13.8 Å². The summed E-state index contributed by atoms with van der Waals surface area (Å²) in [4.78, 5) is 14.6. The molecule has 0 aromatic heterocycles. The van der Waals surface area contributed by atoms with Crippen molar-refractivity contribution >= 4 is 33.2 Å². The maximum atomic E-state index is 12.9. The molecule has 7 heteroatoms. The van der Waals surface area contributed by atoms with Crippen molar-refractivity contribution < 1.29 is 13.2 Å². The molecule has 1 amide bonds. The van der Waals surface area contributed by atoms with Crippen LogP contribution in [0.5, 0.6) is 0 Å². The highest BCUT2D eigenvalue weighted by molar-refractivity contribution is 7.92.